The van der Waals surface area contributed by atoms with Gasteiger partial charge >= 0.3 is 0 Å². The van der Waals surface area contributed by atoms with Gasteiger partial charge in [-0.3, -0.25) is 9.88 Å². The maximum absolute atomic E-state index is 10.4. The lowest BCUT2D eigenvalue weighted by molar-refractivity contribution is 0.0561. The maximum Gasteiger partial charge on any atom is 0.119 e. The van der Waals surface area contributed by atoms with Gasteiger partial charge in [-0.05, 0) is 61.8 Å². The average molecular weight is 412 g/mol. The summed E-state index contributed by atoms with van der Waals surface area (Å²) < 4.78 is 5.93. The second-order valence-electron chi connectivity index (χ2n) is 8.50. The number of hydrogen-bond acceptors (Lipinski definition) is 5. The summed E-state index contributed by atoms with van der Waals surface area (Å²) in [5.74, 6) is 0.826. The van der Waals surface area contributed by atoms with E-state index in [2.05, 4.69) is 53.0 Å². The van der Waals surface area contributed by atoms with E-state index in [4.69, 9.17) is 4.74 Å². The average Bonchev–Trinajstić information content (AvgIpc) is 2.79. The Morgan fingerprint density at radius 3 is 2.53 bits per heavy atom. The molecule has 1 aromatic carbocycles. The minimum absolute atomic E-state index is 0.328. The third kappa shape index (κ3) is 7.38. The Labute approximate surface area is 181 Å². The topological polar surface area (TPSA) is 48.8 Å². The van der Waals surface area contributed by atoms with Crippen LogP contribution in [-0.2, 0) is 13.1 Å². The lowest BCUT2D eigenvalue weighted by Crippen LogP contribution is -2.40. The number of rotatable bonds is 11. The van der Waals surface area contributed by atoms with Crippen molar-refractivity contribution in [1.82, 2.24) is 14.8 Å². The molecule has 5 nitrogen and oxygen atoms in total. The van der Waals surface area contributed by atoms with Gasteiger partial charge in [0.1, 0.15) is 18.5 Å². The second kappa shape index (κ2) is 12.0. The van der Waals surface area contributed by atoms with Gasteiger partial charge in [-0.25, -0.2) is 0 Å². The highest BCUT2D eigenvalue weighted by atomic mass is 16.5. The number of likely N-dealkylation sites (N-methyl/N-ethyl adjacent to an activating group) is 1. The molecule has 3 rings (SSSR count). The van der Waals surface area contributed by atoms with Crippen molar-refractivity contribution in [2.24, 2.45) is 0 Å². The van der Waals surface area contributed by atoms with Crippen molar-refractivity contribution in [1.29, 1.82) is 0 Å². The van der Waals surface area contributed by atoms with Crippen LogP contribution in [0.15, 0.2) is 48.8 Å². The third-order valence-electron chi connectivity index (χ3n) is 6.05. The Morgan fingerprint density at radius 1 is 1.07 bits per heavy atom. The van der Waals surface area contributed by atoms with Crippen molar-refractivity contribution in [3.05, 3.63) is 59.9 Å². The van der Waals surface area contributed by atoms with Crippen LogP contribution in [0.2, 0.25) is 0 Å². The van der Waals surface area contributed by atoms with Crippen molar-refractivity contribution in [2.45, 2.75) is 64.3 Å². The molecule has 5 heteroatoms. The molecule has 1 aliphatic carbocycles. The van der Waals surface area contributed by atoms with E-state index in [0.717, 1.165) is 25.4 Å². The third-order valence-corrected chi connectivity index (χ3v) is 6.05. The molecule has 0 saturated heterocycles. The summed E-state index contributed by atoms with van der Waals surface area (Å²) in [7, 11) is 2.13. The van der Waals surface area contributed by atoms with Crippen LogP contribution in [0.3, 0.4) is 0 Å². The van der Waals surface area contributed by atoms with Gasteiger partial charge in [-0.1, -0.05) is 38.3 Å². The Bertz CT molecular complexity index is 734. The predicted molar refractivity (Wildman–Crippen MR) is 121 cm³/mol. The van der Waals surface area contributed by atoms with Crippen LogP contribution >= 0.6 is 0 Å². The number of hydrogen-bond donors (Lipinski definition) is 1. The molecule has 1 fully saturated rings. The molecule has 0 amide bonds. The Balaban J connectivity index is 1.47. The molecule has 0 spiro atoms. The number of ether oxygens (including phenoxy) is 1. The molecule has 1 aliphatic rings. The molecular formula is C25H37N3O2. The molecule has 0 radical (unpaired) electrons. The van der Waals surface area contributed by atoms with Gasteiger partial charge in [-0.15, -0.1) is 0 Å². The monoisotopic (exact) mass is 411 g/mol. The van der Waals surface area contributed by atoms with E-state index < -0.39 is 6.10 Å². The summed E-state index contributed by atoms with van der Waals surface area (Å²) in [6, 6.07) is 13.0. The molecule has 30 heavy (non-hydrogen) atoms. The molecule has 0 unspecified atom stereocenters. The van der Waals surface area contributed by atoms with Crippen LogP contribution in [0, 0.1) is 0 Å². The fraction of sp³-hybridized carbons (Fsp3) is 0.560. The summed E-state index contributed by atoms with van der Waals surface area (Å²) in [6.07, 6.45) is 9.68. The van der Waals surface area contributed by atoms with Gasteiger partial charge in [0.15, 0.2) is 0 Å². The van der Waals surface area contributed by atoms with E-state index in [1.54, 1.807) is 0 Å². The largest absolute Gasteiger partial charge is 0.491 e. The first-order valence-corrected chi connectivity index (χ1v) is 11.4. The Morgan fingerprint density at radius 2 is 1.80 bits per heavy atom. The molecule has 1 aromatic heterocycles. The minimum atomic E-state index is -0.473. The molecule has 0 aliphatic heterocycles. The van der Waals surface area contributed by atoms with Gasteiger partial charge in [0.05, 0.1) is 0 Å². The van der Waals surface area contributed by atoms with Crippen LogP contribution in [-0.4, -0.2) is 58.8 Å². The number of benzene rings is 1. The Hall–Kier alpha value is -1.95. The van der Waals surface area contributed by atoms with Crippen molar-refractivity contribution < 1.29 is 9.84 Å². The van der Waals surface area contributed by atoms with E-state index in [1.165, 1.54) is 43.2 Å². The first-order chi connectivity index (χ1) is 14.6. The molecule has 1 N–H and O–H groups in total. The quantitative estimate of drug-likeness (QED) is 0.603. The van der Waals surface area contributed by atoms with Crippen LogP contribution in [0.4, 0.5) is 0 Å². The number of aliphatic hydroxyl groups is 1. The van der Waals surface area contributed by atoms with Gasteiger partial charge in [0.2, 0.25) is 0 Å². The van der Waals surface area contributed by atoms with Gasteiger partial charge in [0.25, 0.3) is 0 Å². The first-order valence-electron chi connectivity index (χ1n) is 11.4. The van der Waals surface area contributed by atoms with Crippen LogP contribution < -0.4 is 4.74 Å². The normalized spacial score (nSPS) is 16.2. The van der Waals surface area contributed by atoms with Crippen molar-refractivity contribution >= 4 is 0 Å². The van der Waals surface area contributed by atoms with Crippen molar-refractivity contribution in [3.8, 4) is 5.75 Å². The lowest BCUT2D eigenvalue weighted by Gasteiger charge is -2.32. The highest BCUT2D eigenvalue weighted by Gasteiger charge is 2.20. The molecule has 1 saturated carbocycles. The molecule has 2 aromatic rings. The van der Waals surface area contributed by atoms with Crippen molar-refractivity contribution in [2.75, 3.05) is 26.7 Å². The smallest absolute Gasteiger partial charge is 0.119 e. The zero-order valence-electron chi connectivity index (χ0n) is 18.5. The fourth-order valence-corrected chi connectivity index (χ4v) is 4.27. The molecule has 0 bridgehead atoms. The van der Waals surface area contributed by atoms with Crippen LogP contribution in [0.25, 0.3) is 0 Å². The van der Waals surface area contributed by atoms with Crippen LogP contribution in [0.1, 0.15) is 50.2 Å². The summed E-state index contributed by atoms with van der Waals surface area (Å²) in [6.45, 7) is 5.91. The highest BCUT2D eigenvalue weighted by molar-refractivity contribution is 5.28. The molecule has 1 heterocycles. The van der Waals surface area contributed by atoms with E-state index in [9.17, 15) is 5.11 Å². The van der Waals surface area contributed by atoms with Gasteiger partial charge < -0.3 is 14.7 Å². The minimum Gasteiger partial charge on any atom is -0.491 e. The molecule has 164 valence electrons. The first kappa shape index (κ1) is 22.7. The number of aromatic nitrogens is 1. The summed E-state index contributed by atoms with van der Waals surface area (Å²) in [5.41, 5.74) is 2.49. The zero-order chi connectivity index (χ0) is 21.2. The summed E-state index contributed by atoms with van der Waals surface area (Å²) in [5, 5.41) is 10.4. The van der Waals surface area contributed by atoms with E-state index in [1.807, 2.05) is 24.5 Å². The van der Waals surface area contributed by atoms with Crippen LogP contribution in [0.5, 0.6) is 5.75 Å². The van der Waals surface area contributed by atoms with Gasteiger partial charge in [-0.2, -0.15) is 0 Å². The second-order valence-corrected chi connectivity index (χ2v) is 8.50. The van der Waals surface area contributed by atoms with E-state index >= 15 is 0 Å². The Kier molecular flexibility index (Phi) is 9.12. The standard InChI is InChI=1S/C25H37N3O2/c1-3-28(17-21-12-14-26-15-13-21)18-22-8-7-11-25(16-22)30-20-24(29)19-27(2)23-9-5-4-6-10-23/h7-8,11-16,23-24,29H,3-6,9-10,17-20H2,1-2H3/t24-/m1/s1. The summed E-state index contributed by atoms with van der Waals surface area (Å²) in [4.78, 5) is 8.79. The SMILES string of the molecule is CCN(Cc1ccncc1)Cc1cccc(OC[C@H](O)CN(C)C2CCCCC2)c1. The van der Waals surface area contributed by atoms with E-state index in [0.29, 0.717) is 19.2 Å². The van der Waals surface area contributed by atoms with Gasteiger partial charge in [0, 0.05) is 38.1 Å². The molecule has 1 atom stereocenters. The molecular weight excluding hydrogens is 374 g/mol. The fourth-order valence-electron chi connectivity index (χ4n) is 4.27. The zero-order valence-corrected chi connectivity index (χ0v) is 18.5. The summed E-state index contributed by atoms with van der Waals surface area (Å²) >= 11 is 0. The maximum atomic E-state index is 10.4. The lowest BCUT2D eigenvalue weighted by atomic mass is 9.94. The van der Waals surface area contributed by atoms with E-state index in [-0.39, 0.29) is 0 Å². The number of nitrogens with zero attached hydrogens (tertiary/aromatic N) is 3. The van der Waals surface area contributed by atoms with Crippen molar-refractivity contribution in [3.63, 3.8) is 0 Å². The highest BCUT2D eigenvalue weighted by Crippen LogP contribution is 2.22. The number of aliphatic hydroxyl groups excluding tert-OH is 1. The number of pyridine rings is 1. The predicted octanol–water partition coefficient (Wildman–Crippen LogP) is 4.11.